The van der Waals surface area contributed by atoms with Crippen LogP contribution in [0.2, 0.25) is 0 Å². The van der Waals surface area contributed by atoms with Gasteiger partial charge in [-0.1, -0.05) is 0 Å². The molecule has 7 nitrogen and oxygen atoms in total. The third-order valence-electron chi connectivity index (χ3n) is 3.08. The number of hydrogen-bond donors (Lipinski definition) is 1. The van der Waals surface area contributed by atoms with E-state index in [0.29, 0.717) is 6.54 Å². The number of aromatic amines is 1. The predicted molar refractivity (Wildman–Crippen MR) is 72.7 cm³/mol. The third kappa shape index (κ3) is 2.18. The maximum absolute atomic E-state index is 12.3. The van der Waals surface area contributed by atoms with Gasteiger partial charge >= 0.3 is 5.97 Å². The lowest BCUT2D eigenvalue weighted by Crippen LogP contribution is -2.25. The fraction of sp³-hybridized carbons (Fsp3) is 0.308. The van der Waals surface area contributed by atoms with Crippen LogP contribution < -0.4 is 11.1 Å². The van der Waals surface area contributed by atoms with Gasteiger partial charge in [0.15, 0.2) is 0 Å². The van der Waals surface area contributed by atoms with Crippen LogP contribution in [0.25, 0.3) is 11.1 Å². The summed E-state index contributed by atoms with van der Waals surface area (Å²) in [5.74, 6) is -0.555. The average Bonchev–Trinajstić information content (AvgIpc) is 2.78. The van der Waals surface area contributed by atoms with Crippen LogP contribution in [-0.2, 0) is 18.3 Å². The highest BCUT2D eigenvalue weighted by atomic mass is 16.5. The maximum Gasteiger partial charge on any atom is 0.339 e. The number of H-pyrrole nitrogens is 1. The summed E-state index contributed by atoms with van der Waals surface area (Å²) in [5, 5.41) is 2.70. The molecule has 0 bridgehead atoms. The predicted octanol–water partition coefficient (Wildman–Crippen LogP) is 0.349. The molecule has 2 rings (SSSR count). The number of nitrogens with zero attached hydrogens (tertiary/aromatic N) is 2. The van der Waals surface area contributed by atoms with Gasteiger partial charge in [-0.05, 0) is 13.0 Å². The molecule has 0 amide bonds. The van der Waals surface area contributed by atoms with E-state index in [9.17, 15) is 14.4 Å². The number of nitrogens with one attached hydrogen (secondary N) is 1. The highest BCUT2D eigenvalue weighted by Crippen LogP contribution is 2.13. The summed E-state index contributed by atoms with van der Waals surface area (Å²) < 4.78 is 7.29. The summed E-state index contributed by atoms with van der Waals surface area (Å²) >= 11 is 0. The Morgan fingerprint density at radius 3 is 2.50 bits per heavy atom. The Labute approximate surface area is 114 Å². The number of ether oxygens (including phenoxy) is 1. The Bertz CT molecular complexity index is 767. The van der Waals surface area contributed by atoms with Crippen molar-refractivity contribution in [3.8, 4) is 11.1 Å². The van der Waals surface area contributed by atoms with Crippen molar-refractivity contribution < 1.29 is 9.53 Å². The molecule has 0 unspecified atom stereocenters. The molecular weight excluding hydrogens is 262 g/mol. The molecule has 20 heavy (non-hydrogen) atoms. The summed E-state index contributed by atoms with van der Waals surface area (Å²) in [7, 11) is 2.81. The number of carbonyl (C=O) groups is 1. The van der Waals surface area contributed by atoms with Gasteiger partial charge in [-0.15, -0.1) is 0 Å². The molecule has 2 aromatic rings. The van der Waals surface area contributed by atoms with Gasteiger partial charge in [-0.2, -0.15) is 0 Å². The third-order valence-corrected chi connectivity index (χ3v) is 3.08. The molecule has 2 aromatic heterocycles. The topological polar surface area (TPSA) is 86.1 Å². The zero-order chi connectivity index (χ0) is 14.9. The van der Waals surface area contributed by atoms with Crippen molar-refractivity contribution in [1.29, 1.82) is 0 Å². The minimum atomic E-state index is -0.555. The zero-order valence-corrected chi connectivity index (χ0v) is 11.5. The number of rotatable bonds is 3. The maximum atomic E-state index is 12.3. The van der Waals surface area contributed by atoms with Crippen LogP contribution in [0.1, 0.15) is 17.3 Å². The molecule has 0 saturated carbocycles. The number of methoxy groups -OCH3 is 1. The van der Waals surface area contributed by atoms with Crippen LogP contribution in [0, 0.1) is 0 Å². The molecule has 0 atom stereocenters. The summed E-state index contributed by atoms with van der Waals surface area (Å²) in [6.07, 6.45) is 2.87. The fourth-order valence-corrected chi connectivity index (χ4v) is 1.95. The van der Waals surface area contributed by atoms with Gasteiger partial charge in [0, 0.05) is 26.0 Å². The smallest absolute Gasteiger partial charge is 0.339 e. The lowest BCUT2D eigenvalue weighted by molar-refractivity contribution is 0.0599. The summed E-state index contributed by atoms with van der Waals surface area (Å²) in [6.45, 7) is 2.17. The first-order chi connectivity index (χ1) is 9.49. The second kappa shape index (κ2) is 5.20. The summed E-state index contributed by atoms with van der Waals surface area (Å²) in [6, 6.07) is 1.38. The largest absolute Gasteiger partial charge is 0.465 e. The second-order valence-electron chi connectivity index (χ2n) is 4.28. The van der Waals surface area contributed by atoms with Crippen molar-refractivity contribution >= 4 is 5.97 Å². The lowest BCUT2D eigenvalue weighted by Gasteiger charge is -2.07. The molecule has 0 aliphatic rings. The van der Waals surface area contributed by atoms with E-state index < -0.39 is 5.97 Å². The molecule has 0 spiro atoms. The lowest BCUT2D eigenvalue weighted by atomic mass is 10.1. The molecule has 0 aliphatic heterocycles. The van der Waals surface area contributed by atoms with Crippen molar-refractivity contribution in [2.24, 2.45) is 7.05 Å². The van der Waals surface area contributed by atoms with Crippen molar-refractivity contribution in [3.05, 3.63) is 44.7 Å². The number of esters is 1. The first kappa shape index (κ1) is 13.9. The Morgan fingerprint density at radius 1 is 1.30 bits per heavy atom. The van der Waals surface area contributed by atoms with Crippen LogP contribution in [0.4, 0.5) is 0 Å². The van der Waals surface area contributed by atoms with E-state index in [4.69, 9.17) is 0 Å². The van der Waals surface area contributed by atoms with E-state index in [-0.39, 0.29) is 27.8 Å². The first-order valence-electron chi connectivity index (χ1n) is 6.07. The van der Waals surface area contributed by atoms with E-state index in [2.05, 4.69) is 9.84 Å². The molecule has 2 heterocycles. The minimum absolute atomic E-state index is 0.177. The quantitative estimate of drug-likeness (QED) is 0.820. The van der Waals surface area contributed by atoms with Gasteiger partial charge in [0.25, 0.3) is 11.1 Å². The van der Waals surface area contributed by atoms with Gasteiger partial charge in [-0.25, -0.2) is 4.79 Å². The highest BCUT2D eigenvalue weighted by molar-refractivity contribution is 5.90. The van der Waals surface area contributed by atoms with Gasteiger partial charge in [0.05, 0.1) is 23.8 Å². The number of carbonyl (C=O) groups excluding carboxylic acids is 1. The zero-order valence-electron chi connectivity index (χ0n) is 11.5. The van der Waals surface area contributed by atoms with E-state index in [1.54, 1.807) is 14.0 Å². The van der Waals surface area contributed by atoms with E-state index in [1.165, 1.54) is 34.8 Å². The van der Waals surface area contributed by atoms with Gasteiger partial charge in [0.2, 0.25) is 0 Å². The van der Waals surface area contributed by atoms with Crippen LogP contribution >= 0.6 is 0 Å². The normalized spacial score (nSPS) is 10.6. The van der Waals surface area contributed by atoms with Crippen LogP contribution in [0.5, 0.6) is 0 Å². The monoisotopic (exact) mass is 277 g/mol. The van der Waals surface area contributed by atoms with Gasteiger partial charge in [0.1, 0.15) is 0 Å². The Kier molecular flexibility index (Phi) is 3.60. The highest BCUT2D eigenvalue weighted by Gasteiger charge is 2.16. The van der Waals surface area contributed by atoms with Crippen molar-refractivity contribution in [1.82, 2.24) is 14.3 Å². The van der Waals surface area contributed by atoms with Gasteiger partial charge < -0.3 is 14.4 Å². The Hall–Kier alpha value is -2.57. The molecule has 0 aliphatic carbocycles. The summed E-state index contributed by atoms with van der Waals surface area (Å²) in [5.41, 5.74) is -0.0159. The molecule has 0 radical (unpaired) electrons. The SMILES string of the molecule is CCn1cc(C(=O)OC)cc(-c2c[nH]n(C)c2=O)c1=O. The second-order valence-corrected chi connectivity index (χ2v) is 4.28. The number of aryl methyl sites for hydroxylation is 2. The molecule has 0 aromatic carbocycles. The van der Waals surface area contributed by atoms with Crippen LogP contribution in [0.15, 0.2) is 28.0 Å². The molecular formula is C13H15N3O4. The van der Waals surface area contributed by atoms with Gasteiger partial charge in [-0.3, -0.25) is 14.3 Å². The van der Waals surface area contributed by atoms with Crippen molar-refractivity contribution in [2.45, 2.75) is 13.5 Å². The first-order valence-corrected chi connectivity index (χ1v) is 6.07. The fourth-order valence-electron chi connectivity index (χ4n) is 1.95. The van der Waals surface area contributed by atoms with Crippen LogP contribution in [-0.4, -0.2) is 27.4 Å². The average molecular weight is 277 g/mol. The van der Waals surface area contributed by atoms with E-state index >= 15 is 0 Å². The van der Waals surface area contributed by atoms with Crippen LogP contribution in [0.3, 0.4) is 0 Å². The standard InChI is InChI=1S/C13H15N3O4/c1-4-16-7-8(13(19)20-3)5-9(12(16)18)10-6-14-15(2)11(10)17/h5-7,14H,4H2,1-3H3. The molecule has 106 valence electrons. The summed E-state index contributed by atoms with van der Waals surface area (Å²) in [4.78, 5) is 35.9. The molecule has 7 heteroatoms. The number of pyridine rings is 1. The number of aromatic nitrogens is 3. The minimum Gasteiger partial charge on any atom is -0.465 e. The van der Waals surface area contributed by atoms with E-state index in [0.717, 1.165) is 0 Å². The number of hydrogen-bond acceptors (Lipinski definition) is 4. The molecule has 0 fully saturated rings. The molecule has 1 N–H and O–H groups in total. The van der Waals surface area contributed by atoms with Crippen molar-refractivity contribution in [2.75, 3.05) is 7.11 Å². The molecule has 0 saturated heterocycles. The van der Waals surface area contributed by atoms with Crippen molar-refractivity contribution in [3.63, 3.8) is 0 Å². The Morgan fingerprint density at radius 2 is 2.00 bits per heavy atom. The van der Waals surface area contributed by atoms with E-state index in [1.807, 2.05) is 0 Å². The Balaban J connectivity index is 2.75.